The number of nitrogens with zero attached hydrogens (tertiary/aromatic N) is 1. The molecule has 7 aromatic carbocycles. The van der Waals surface area contributed by atoms with E-state index in [0.717, 1.165) is 76.6 Å². The van der Waals surface area contributed by atoms with Crippen LogP contribution in [0.2, 0.25) is 0 Å². The Morgan fingerprint density at radius 1 is 0.429 bits per heavy atom. The fourth-order valence-electron chi connectivity index (χ4n) is 6.36. The van der Waals surface area contributed by atoms with Crippen molar-refractivity contribution in [1.82, 2.24) is 4.98 Å². The van der Waals surface area contributed by atoms with Crippen LogP contribution in [0, 0.1) is 11.6 Å². The second-order valence-electron chi connectivity index (χ2n) is 10.6. The first-order chi connectivity index (χ1) is 20.7. The smallest absolute Gasteiger partial charge is 0.123 e. The Balaban J connectivity index is 1.52. The zero-order chi connectivity index (χ0) is 28.2. The molecule has 0 N–H and O–H groups in total. The minimum Gasteiger partial charge on any atom is -0.256 e. The quantitative estimate of drug-likeness (QED) is 0.160. The van der Waals surface area contributed by atoms with Crippen LogP contribution in [-0.4, -0.2) is 4.98 Å². The van der Waals surface area contributed by atoms with Crippen LogP contribution in [0.4, 0.5) is 8.78 Å². The van der Waals surface area contributed by atoms with E-state index in [0.29, 0.717) is 0 Å². The van der Waals surface area contributed by atoms with Crippen LogP contribution in [0.5, 0.6) is 0 Å². The molecule has 0 atom stereocenters. The highest BCUT2D eigenvalue weighted by Crippen LogP contribution is 2.45. The normalized spacial score (nSPS) is 11.6. The summed E-state index contributed by atoms with van der Waals surface area (Å²) < 4.78 is 28.1. The maximum absolute atomic E-state index is 14.1. The summed E-state index contributed by atoms with van der Waals surface area (Å²) in [5.74, 6) is -0.541. The maximum Gasteiger partial charge on any atom is 0.123 e. The standard InChI is InChI=1S/C39H23F2N/c40-29-17-12-25(13-18-29)36-32-7-1-2-8-33(32)37(26-14-19-30(41)20-15-26)35-23-28(16-21-34(35)36)31-9-3-5-24-10-11-27-6-4-22-42-39(27)38(24)31/h1-23H. The number of benzene rings is 7. The van der Waals surface area contributed by atoms with Gasteiger partial charge in [-0.2, -0.15) is 0 Å². The number of hydrogen-bond acceptors (Lipinski definition) is 1. The van der Waals surface area contributed by atoms with E-state index in [9.17, 15) is 8.78 Å². The highest BCUT2D eigenvalue weighted by atomic mass is 19.1. The minimum atomic E-state index is -0.272. The predicted molar refractivity (Wildman–Crippen MR) is 170 cm³/mol. The zero-order valence-electron chi connectivity index (χ0n) is 22.5. The summed E-state index contributed by atoms with van der Waals surface area (Å²) >= 11 is 0. The van der Waals surface area contributed by atoms with Gasteiger partial charge in [0.15, 0.2) is 0 Å². The van der Waals surface area contributed by atoms with Gasteiger partial charge in [-0.15, -0.1) is 0 Å². The summed E-state index contributed by atoms with van der Waals surface area (Å²) in [7, 11) is 0. The monoisotopic (exact) mass is 543 g/mol. The van der Waals surface area contributed by atoms with Crippen molar-refractivity contribution in [1.29, 1.82) is 0 Å². The van der Waals surface area contributed by atoms with Crippen molar-refractivity contribution in [2.75, 3.05) is 0 Å². The van der Waals surface area contributed by atoms with Gasteiger partial charge >= 0.3 is 0 Å². The van der Waals surface area contributed by atoms with Crippen molar-refractivity contribution in [3.63, 3.8) is 0 Å². The molecule has 0 saturated carbocycles. The van der Waals surface area contributed by atoms with Gasteiger partial charge in [-0.25, -0.2) is 8.78 Å². The van der Waals surface area contributed by atoms with E-state index >= 15 is 0 Å². The topological polar surface area (TPSA) is 12.9 Å². The van der Waals surface area contributed by atoms with Gasteiger partial charge in [-0.1, -0.05) is 97.1 Å². The molecular formula is C39H23F2N. The van der Waals surface area contributed by atoms with E-state index < -0.39 is 0 Å². The Kier molecular flexibility index (Phi) is 5.58. The molecular weight excluding hydrogens is 520 g/mol. The van der Waals surface area contributed by atoms with E-state index in [1.165, 1.54) is 24.3 Å². The first-order valence-electron chi connectivity index (χ1n) is 13.9. The molecule has 1 nitrogen and oxygen atoms in total. The van der Waals surface area contributed by atoms with Crippen molar-refractivity contribution in [3.05, 3.63) is 151 Å². The molecule has 0 saturated heterocycles. The van der Waals surface area contributed by atoms with Crippen LogP contribution in [-0.2, 0) is 0 Å². The molecule has 0 spiro atoms. The van der Waals surface area contributed by atoms with Crippen molar-refractivity contribution in [3.8, 4) is 33.4 Å². The minimum absolute atomic E-state index is 0.269. The number of halogens is 2. The van der Waals surface area contributed by atoms with Crippen LogP contribution in [0.15, 0.2) is 140 Å². The van der Waals surface area contributed by atoms with Crippen LogP contribution >= 0.6 is 0 Å². The van der Waals surface area contributed by atoms with Gasteiger partial charge in [0.1, 0.15) is 11.6 Å². The first-order valence-corrected chi connectivity index (χ1v) is 13.9. The number of fused-ring (bicyclic) bond motifs is 5. The summed E-state index contributed by atoms with van der Waals surface area (Å²) in [5, 5.41) is 7.53. The van der Waals surface area contributed by atoms with Gasteiger partial charge in [-0.3, -0.25) is 4.98 Å². The molecule has 0 bridgehead atoms. The Bertz CT molecular complexity index is 2300. The van der Waals surface area contributed by atoms with E-state index in [-0.39, 0.29) is 11.6 Å². The molecule has 1 aromatic heterocycles. The van der Waals surface area contributed by atoms with E-state index in [2.05, 4.69) is 66.7 Å². The maximum atomic E-state index is 14.1. The third kappa shape index (κ3) is 3.86. The summed E-state index contributed by atoms with van der Waals surface area (Å²) in [6.07, 6.45) is 1.84. The van der Waals surface area contributed by atoms with Gasteiger partial charge in [0, 0.05) is 17.0 Å². The largest absolute Gasteiger partial charge is 0.256 e. The highest BCUT2D eigenvalue weighted by molar-refractivity contribution is 6.22. The van der Waals surface area contributed by atoms with Crippen LogP contribution in [0.3, 0.4) is 0 Å². The SMILES string of the molecule is Fc1ccc(-c2c3ccccc3c(-c3ccc(F)cc3)c3cc(-c4cccc5ccc6cccnc6c45)ccc23)cc1. The summed E-state index contributed by atoms with van der Waals surface area (Å²) in [5.41, 5.74) is 7.09. The van der Waals surface area contributed by atoms with Crippen molar-refractivity contribution in [2.24, 2.45) is 0 Å². The van der Waals surface area contributed by atoms with Crippen molar-refractivity contribution >= 4 is 43.2 Å². The Morgan fingerprint density at radius 3 is 1.69 bits per heavy atom. The van der Waals surface area contributed by atoms with Gasteiger partial charge in [0.2, 0.25) is 0 Å². The second-order valence-corrected chi connectivity index (χ2v) is 10.6. The van der Waals surface area contributed by atoms with Crippen molar-refractivity contribution < 1.29 is 8.78 Å². The lowest BCUT2D eigenvalue weighted by Crippen LogP contribution is -1.92. The molecule has 0 unspecified atom stereocenters. The van der Waals surface area contributed by atoms with E-state index in [1.54, 1.807) is 0 Å². The average molecular weight is 544 g/mol. The molecule has 0 radical (unpaired) electrons. The Labute approximate surface area is 241 Å². The van der Waals surface area contributed by atoms with Crippen molar-refractivity contribution in [2.45, 2.75) is 0 Å². The summed E-state index contributed by atoms with van der Waals surface area (Å²) in [4.78, 5) is 4.77. The van der Waals surface area contributed by atoms with Gasteiger partial charge in [-0.05, 0) is 96.7 Å². The fraction of sp³-hybridized carbons (Fsp3) is 0. The molecule has 0 aliphatic rings. The summed E-state index contributed by atoms with van der Waals surface area (Å²) in [6.45, 7) is 0. The zero-order valence-corrected chi connectivity index (χ0v) is 22.5. The molecule has 42 heavy (non-hydrogen) atoms. The van der Waals surface area contributed by atoms with Gasteiger partial charge in [0.05, 0.1) is 5.52 Å². The molecule has 0 amide bonds. The fourth-order valence-corrected chi connectivity index (χ4v) is 6.36. The molecule has 3 heteroatoms. The Hall–Kier alpha value is -5.41. The Morgan fingerprint density at radius 2 is 1.00 bits per heavy atom. The number of pyridine rings is 1. The third-order valence-electron chi connectivity index (χ3n) is 8.22. The molecule has 0 aliphatic carbocycles. The number of rotatable bonds is 3. The predicted octanol–water partition coefficient (Wildman–Crippen LogP) is 11.0. The molecule has 8 aromatic rings. The summed E-state index contributed by atoms with van der Waals surface area (Å²) in [6, 6.07) is 42.9. The average Bonchev–Trinajstić information content (AvgIpc) is 3.04. The molecule has 8 rings (SSSR count). The number of hydrogen-bond donors (Lipinski definition) is 0. The molecule has 198 valence electrons. The molecule has 0 fully saturated rings. The van der Waals surface area contributed by atoms with Gasteiger partial charge < -0.3 is 0 Å². The first kappa shape index (κ1) is 24.4. The molecule has 1 heterocycles. The van der Waals surface area contributed by atoms with Gasteiger partial charge in [0.25, 0.3) is 0 Å². The van der Waals surface area contributed by atoms with Crippen LogP contribution in [0.25, 0.3) is 76.6 Å². The second kappa shape index (κ2) is 9.60. The third-order valence-corrected chi connectivity index (χ3v) is 8.22. The lowest BCUT2D eigenvalue weighted by atomic mass is 9.84. The van der Waals surface area contributed by atoms with E-state index in [1.807, 2.05) is 48.7 Å². The van der Waals surface area contributed by atoms with Crippen LogP contribution in [0.1, 0.15) is 0 Å². The molecule has 0 aliphatic heterocycles. The lowest BCUT2D eigenvalue weighted by molar-refractivity contribution is 0.627. The lowest BCUT2D eigenvalue weighted by Gasteiger charge is -2.19. The van der Waals surface area contributed by atoms with E-state index in [4.69, 9.17) is 4.98 Å². The van der Waals surface area contributed by atoms with Crippen LogP contribution < -0.4 is 0 Å². The number of aromatic nitrogens is 1. The highest BCUT2D eigenvalue weighted by Gasteiger charge is 2.18.